The number of allylic oxidation sites excluding steroid dienone is 1. The summed E-state index contributed by atoms with van der Waals surface area (Å²) in [5.74, 6) is -4.64. The number of aryl methyl sites for hydroxylation is 1. The summed E-state index contributed by atoms with van der Waals surface area (Å²) in [6.07, 6.45) is -0.797. The minimum absolute atomic E-state index is 0.00575. The van der Waals surface area contributed by atoms with Crippen molar-refractivity contribution in [3.63, 3.8) is 0 Å². The standard InChI is InChI=1S/C23H26F5N7O/c1-13-4-5-31-16(6-13)15(8-30-3)20(29)21(36)35-12-22(24,25)7-14(2)17(35)9-33-19-11-32-18(10-34-19)23(26,27)28/h4-6,8,10-11,14,17H,7,9,12,29H2,1-3H3,(H,33,34)/t14-,17?/m1/s1. The summed E-state index contributed by atoms with van der Waals surface area (Å²) in [5.41, 5.74) is 6.11. The first-order valence-electron chi connectivity index (χ1n) is 11.0. The lowest BCUT2D eigenvalue weighted by molar-refractivity contribution is -0.148. The Morgan fingerprint density at radius 2 is 2.03 bits per heavy atom. The Hall–Kier alpha value is -3.64. The highest BCUT2D eigenvalue weighted by molar-refractivity contribution is 6.18. The number of anilines is 1. The van der Waals surface area contributed by atoms with Crippen LogP contribution in [0.15, 0.2) is 41.4 Å². The van der Waals surface area contributed by atoms with Crippen LogP contribution in [0.2, 0.25) is 0 Å². The molecule has 1 saturated heterocycles. The number of pyridine rings is 1. The molecule has 1 amide bonds. The predicted octanol–water partition coefficient (Wildman–Crippen LogP) is 3.55. The van der Waals surface area contributed by atoms with E-state index in [1.54, 1.807) is 19.1 Å². The molecule has 2 aromatic rings. The van der Waals surface area contributed by atoms with Crippen molar-refractivity contribution in [1.82, 2.24) is 19.9 Å². The van der Waals surface area contributed by atoms with E-state index in [4.69, 9.17) is 5.73 Å². The molecule has 3 rings (SSSR count). The van der Waals surface area contributed by atoms with Gasteiger partial charge in [-0.3, -0.25) is 14.8 Å². The Labute approximate surface area is 204 Å². The molecular formula is C23H26F5N7O. The molecule has 1 unspecified atom stereocenters. The van der Waals surface area contributed by atoms with E-state index < -0.39 is 48.6 Å². The van der Waals surface area contributed by atoms with Crippen LogP contribution in [0.25, 0.3) is 5.57 Å². The molecule has 3 heterocycles. The van der Waals surface area contributed by atoms with Crippen LogP contribution in [-0.2, 0) is 11.0 Å². The summed E-state index contributed by atoms with van der Waals surface area (Å²) in [7, 11) is 1.47. The summed E-state index contributed by atoms with van der Waals surface area (Å²) in [4.78, 5) is 29.5. The van der Waals surface area contributed by atoms with E-state index in [9.17, 15) is 26.7 Å². The fraction of sp³-hybridized carbons (Fsp3) is 0.435. The lowest BCUT2D eigenvalue weighted by Crippen LogP contribution is -2.58. The Bertz CT molecular complexity index is 1150. The van der Waals surface area contributed by atoms with Gasteiger partial charge in [0.1, 0.15) is 11.5 Å². The van der Waals surface area contributed by atoms with Gasteiger partial charge < -0.3 is 16.0 Å². The number of carbonyl (C=O) groups is 1. The predicted molar refractivity (Wildman–Crippen MR) is 124 cm³/mol. The lowest BCUT2D eigenvalue weighted by Gasteiger charge is -2.43. The molecule has 8 nitrogen and oxygen atoms in total. The van der Waals surface area contributed by atoms with Crippen LogP contribution in [0.3, 0.4) is 0 Å². The number of amides is 1. The summed E-state index contributed by atoms with van der Waals surface area (Å²) in [6, 6.07) is 2.68. The maximum atomic E-state index is 14.5. The highest BCUT2D eigenvalue weighted by Crippen LogP contribution is 2.35. The molecule has 0 aromatic carbocycles. The highest BCUT2D eigenvalue weighted by Gasteiger charge is 2.46. The zero-order chi connectivity index (χ0) is 26.7. The number of aromatic nitrogens is 3. The van der Waals surface area contributed by atoms with Gasteiger partial charge >= 0.3 is 6.18 Å². The number of carbonyl (C=O) groups excluding carboxylic acids is 1. The van der Waals surface area contributed by atoms with Crippen molar-refractivity contribution >= 4 is 23.5 Å². The van der Waals surface area contributed by atoms with Gasteiger partial charge in [-0.05, 0) is 30.5 Å². The molecule has 2 aromatic heterocycles. The first kappa shape index (κ1) is 27.0. The minimum atomic E-state index is -4.65. The lowest BCUT2D eigenvalue weighted by atomic mass is 9.88. The summed E-state index contributed by atoms with van der Waals surface area (Å²) < 4.78 is 67.2. The van der Waals surface area contributed by atoms with E-state index in [0.717, 1.165) is 16.7 Å². The van der Waals surface area contributed by atoms with Crippen LogP contribution in [0, 0.1) is 12.8 Å². The second-order valence-corrected chi connectivity index (χ2v) is 8.64. The van der Waals surface area contributed by atoms with Crippen LogP contribution in [-0.4, -0.2) is 64.1 Å². The summed E-state index contributed by atoms with van der Waals surface area (Å²) >= 11 is 0. The fourth-order valence-electron chi connectivity index (χ4n) is 4.01. The van der Waals surface area contributed by atoms with E-state index in [2.05, 4.69) is 25.3 Å². The number of aliphatic imine (C=N–C) groups is 1. The van der Waals surface area contributed by atoms with Crippen LogP contribution in [0.1, 0.15) is 30.3 Å². The molecule has 194 valence electrons. The maximum absolute atomic E-state index is 14.5. The molecule has 1 aliphatic rings. The Morgan fingerprint density at radius 1 is 1.31 bits per heavy atom. The first-order chi connectivity index (χ1) is 16.8. The van der Waals surface area contributed by atoms with Crippen LogP contribution in [0.4, 0.5) is 27.8 Å². The second-order valence-electron chi connectivity index (χ2n) is 8.64. The number of nitrogens with one attached hydrogen (secondary N) is 1. The van der Waals surface area contributed by atoms with E-state index >= 15 is 0 Å². The topological polar surface area (TPSA) is 109 Å². The third-order valence-electron chi connectivity index (χ3n) is 5.75. The van der Waals surface area contributed by atoms with Gasteiger partial charge in [-0.15, -0.1) is 0 Å². The second kappa shape index (κ2) is 10.5. The van der Waals surface area contributed by atoms with Gasteiger partial charge in [0.2, 0.25) is 0 Å². The number of halogens is 5. The molecule has 0 radical (unpaired) electrons. The average molecular weight is 511 g/mol. The molecule has 13 heteroatoms. The number of hydrogen-bond donors (Lipinski definition) is 2. The third-order valence-corrected chi connectivity index (χ3v) is 5.75. The van der Waals surface area contributed by atoms with Gasteiger partial charge in [0.15, 0.2) is 5.69 Å². The third kappa shape index (κ3) is 6.32. The molecule has 2 atom stereocenters. The van der Waals surface area contributed by atoms with Gasteiger partial charge in [-0.2, -0.15) is 13.2 Å². The molecule has 36 heavy (non-hydrogen) atoms. The number of alkyl halides is 5. The van der Waals surface area contributed by atoms with Crippen molar-refractivity contribution in [3.8, 4) is 0 Å². The SMILES string of the molecule is CN=CC(=C(N)C(=O)N1CC(F)(F)C[C@@H](C)C1CNc1cnc(C(F)(F)F)cn1)c1cc(C)ccn1. The quantitative estimate of drug-likeness (QED) is 0.349. The van der Waals surface area contributed by atoms with Gasteiger partial charge in [-0.25, -0.2) is 18.7 Å². The molecule has 1 fully saturated rings. The van der Waals surface area contributed by atoms with E-state index in [-0.39, 0.29) is 23.6 Å². The number of likely N-dealkylation sites (tertiary alicyclic amines) is 1. The number of nitrogens with zero attached hydrogens (tertiary/aromatic N) is 5. The number of rotatable bonds is 6. The fourth-order valence-corrected chi connectivity index (χ4v) is 4.01. The normalized spacial score (nSPS) is 20.8. The molecule has 0 aliphatic carbocycles. The molecular weight excluding hydrogens is 485 g/mol. The smallest absolute Gasteiger partial charge is 0.394 e. The van der Waals surface area contributed by atoms with Gasteiger partial charge in [-0.1, -0.05) is 6.92 Å². The number of piperidine rings is 1. The van der Waals surface area contributed by atoms with E-state index in [1.165, 1.54) is 19.5 Å². The Morgan fingerprint density at radius 3 is 2.61 bits per heavy atom. The van der Waals surface area contributed by atoms with Gasteiger partial charge in [0, 0.05) is 38.0 Å². The zero-order valence-electron chi connectivity index (χ0n) is 19.9. The first-order valence-corrected chi connectivity index (χ1v) is 11.0. The molecule has 0 bridgehead atoms. The maximum Gasteiger partial charge on any atom is 0.434 e. The largest absolute Gasteiger partial charge is 0.434 e. The van der Waals surface area contributed by atoms with Crippen molar-refractivity contribution in [1.29, 1.82) is 0 Å². The summed E-state index contributed by atoms with van der Waals surface area (Å²) in [6.45, 7) is 2.45. The summed E-state index contributed by atoms with van der Waals surface area (Å²) in [5, 5.41) is 2.79. The molecule has 0 saturated carbocycles. The van der Waals surface area contributed by atoms with Gasteiger partial charge in [0.05, 0.1) is 30.7 Å². The number of nitrogens with two attached hydrogens (primary N) is 1. The van der Waals surface area contributed by atoms with Crippen LogP contribution >= 0.6 is 0 Å². The van der Waals surface area contributed by atoms with Crippen molar-refractivity contribution in [2.75, 3.05) is 25.5 Å². The average Bonchev–Trinajstić information content (AvgIpc) is 2.80. The van der Waals surface area contributed by atoms with E-state index in [1.807, 2.05) is 6.92 Å². The number of hydrogen-bond acceptors (Lipinski definition) is 7. The molecule has 3 N–H and O–H groups in total. The van der Waals surface area contributed by atoms with Crippen LogP contribution < -0.4 is 11.1 Å². The van der Waals surface area contributed by atoms with Gasteiger partial charge in [0.25, 0.3) is 11.8 Å². The van der Waals surface area contributed by atoms with Crippen molar-refractivity contribution in [3.05, 3.63) is 53.4 Å². The monoisotopic (exact) mass is 511 g/mol. The van der Waals surface area contributed by atoms with E-state index in [0.29, 0.717) is 11.9 Å². The van der Waals surface area contributed by atoms with Crippen LogP contribution in [0.5, 0.6) is 0 Å². The van der Waals surface area contributed by atoms with Crippen molar-refractivity contribution in [2.45, 2.75) is 38.4 Å². The van der Waals surface area contributed by atoms with Crippen molar-refractivity contribution in [2.24, 2.45) is 16.6 Å². The zero-order valence-corrected chi connectivity index (χ0v) is 19.9. The minimum Gasteiger partial charge on any atom is -0.394 e. The molecule has 0 spiro atoms. The highest BCUT2D eigenvalue weighted by atomic mass is 19.4. The molecule has 1 aliphatic heterocycles. The Kier molecular flexibility index (Phi) is 7.89. The van der Waals surface area contributed by atoms with Crippen molar-refractivity contribution < 1.29 is 26.7 Å². The Balaban J connectivity index is 1.90.